The number of fused-ring (bicyclic) bond motifs is 1. The largest absolute Gasteiger partial charge is 0.280 e. The fraction of sp³-hybridized carbons (Fsp3) is 0.333. The van der Waals surface area contributed by atoms with Crippen molar-refractivity contribution in [2.24, 2.45) is 0 Å². The highest BCUT2D eigenvalue weighted by atomic mass is 35.5. The summed E-state index contributed by atoms with van der Waals surface area (Å²) < 4.78 is 53.7. The lowest BCUT2D eigenvalue weighted by atomic mass is 10.0. The maximum atomic E-state index is 12.7. The summed E-state index contributed by atoms with van der Waals surface area (Å²) in [4.78, 5) is 0.114. The molecule has 146 valence electrons. The average molecular weight is 429 g/mol. The number of nitrogens with one attached hydrogen (secondary N) is 1. The molecule has 0 saturated carbocycles. The van der Waals surface area contributed by atoms with Gasteiger partial charge < -0.3 is 0 Å². The van der Waals surface area contributed by atoms with E-state index < -0.39 is 20.0 Å². The van der Waals surface area contributed by atoms with Crippen molar-refractivity contribution in [3.63, 3.8) is 0 Å². The van der Waals surface area contributed by atoms with E-state index in [1.54, 1.807) is 38.1 Å². The molecule has 0 aliphatic carbocycles. The van der Waals surface area contributed by atoms with Crippen molar-refractivity contribution in [1.29, 1.82) is 0 Å². The van der Waals surface area contributed by atoms with Gasteiger partial charge in [0.05, 0.1) is 10.6 Å². The van der Waals surface area contributed by atoms with E-state index in [-0.39, 0.29) is 17.2 Å². The molecule has 0 amide bonds. The molecule has 6 nitrogen and oxygen atoms in total. The van der Waals surface area contributed by atoms with Crippen LogP contribution in [0.5, 0.6) is 0 Å². The molecule has 27 heavy (non-hydrogen) atoms. The molecule has 0 saturated heterocycles. The van der Waals surface area contributed by atoms with Gasteiger partial charge in [-0.3, -0.25) is 4.72 Å². The molecule has 1 N–H and O–H groups in total. The normalized spacial score (nSPS) is 15.4. The minimum absolute atomic E-state index is 0.0443. The summed E-state index contributed by atoms with van der Waals surface area (Å²) in [5.41, 5.74) is 2.81. The molecule has 2 aromatic rings. The molecule has 0 spiro atoms. The first-order valence-corrected chi connectivity index (χ1v) is 12.0. The molecule has 1 aliphatic heterocycles. The number of benzene rings is 2. The van der Waals surface area contributed by atoms with Crippen LogP contribution in [0.2, 0.25) is 5.02 Å². The van der Waals surface area contributed by atoms with Crippen LogP contribution >= 0.6 is 11.6 Å². The summed E-state index contributed by atoms with van der Waals surface area (Å²) in [5, 5.41) is 0.340. The second-order valence-electron chi connectivity index (χ2n) is 6.48. The van der Waals surface area contributed by atoms with Crippen LogP contribution in [0.25, 0.3) is 0 Å². The van der Waals surface area contributed by atoms with Gasteiger partial charge in [-0.1, -0.05) is 23.7 Å². The van der Waals surface area contributed by atoms with Crippen LogP contribution in [0.1, 0.15) is 23.6 Å². The fourth-order valence-corrected chi connectivity index (χ4v) is 5.72. The molecule has 3 rings (SSSR count). The average Bonchev–Trinajstić information content (AvgIpc) is 2.62. The van der Waals surface area contributed by atoms with Gasteiger partial charge in [-0.15, -0.1) is 0 Å². The van der Waals surface area contributed by atoms with Gasteiger partial charge in [-0.2, -0.15) is 4.31 Å². The van der Waals surface area contributed by atoms with Gasteiger partial charge in [-0.25, -0.2) is 16.8 Å². The lowest BCUT2D eigenvalue weighted by Gasteiger charge is -2.28. The zero-order valence-corrected chi connectivity index (χ0v) is 17.5. The Hall–Kier alpha value is -1.61. The molecule has 0 radical (unpaired) electrons. The second kappa shape index (κ2) is 7.43. The monoisotopic (exact) mass is 428 g/mol. The number of nitrogens with zero attached hydrogens (tertiary/aromatic N) is 1. The Morgan fingerprint density at radius 2 is 1.81 bits per heavy atom. The molecule has 0 fully saturated rings. The Morgan fingerprint density at radius 1 is 1.07 bits per heavy atom. The Kier molecular flexibility index (Phi) is 5.54. The number of aryl methyl sites for hydroxylation is 1. The highest BCUT2D eigenvalue weighted by Crippen LogP contribution is 2.27. The summed E-state index contributed by atoms with van der Waals surface area (Å²) in [7, 11) is -7.09. The van der Waals surface area contributed by atoms with Gasteiger partial charge in [-0.05, 0) is 61.2 Å². The third kappa shape index (κ3) is 4.29. The van der Waals surface area contributed by atoms with Gasteiger partial charge in [0.15, 0.2) is 0 Å². The smallest absolute Gasteiger partial charge is 0.262 e. The minimum Gasteiger partial charge on any atom is -0.280 e. The molecular formula is C18H21ClN2O4S2. The predicted octanol–water partition coefficient (Wildman–Crippen LogP) is 3.16. The third-order valence-electron chi connectivity index (χ3n) is 4.63. The number of anilines is 1. The standard InChI is InChI=1S/C18H21ClN2O4S2/c1-3-26(22,23)21-9-8-14-5-7-17(10-15(14)12-21)20-27(24,25)18-11-16(19)6-4-13(18)2/h4-7,10-11,20H,3,8-9,12H2,1-2H3. The molecule has 0 unspecified atom stereocenters. The number of halogens is 1. The summed E-state index contributed by atoms with van der Waals surface area (Å²) in [6, 6.07) is 9.93. The molecule has 0 atom stereocenters. The number of rotatable bonds is 5. The van der Waals surface area contributed by atoms with Crippen molar-refractivity contribution >= 4 is 37.3 Å². The molecule has 0 aromatic heterocycles. The first-order valence-electron chi connectivity index (χ1n) is 8.51. The molecule has 1 heterocycles. The molecule has 1 aliphatic rings. The summed E-state index contributed by atoms with van der Waals surface area (Å²) in [6.45, 7) is 4.00. The Labute approximate surface area is 165 Å². The third-order valence-corrected chi connectivity index (χ3v) is 8.22. The van der Waals surface area contributed by atoms with Crippen molar-refractivity contribution in [2.75, 3.05) is 17.0 Å². The van der Waals surface area contributed by atoms with E-state index in [0.717, 1.165) is 11.1 Å². The van der Waals surface area contributed by atoms with Gasteiger partial charge >= 0.3 is 0 Å². The van der Waals surface area contributed by atoms with Gasteiger partial charge in [0, 0.05) is 23.8 Å². The van der Waals surface area contributed by atoms with E-state index >= 15 is 0 Å². The van der Waals surface area contributed by atoms with Crippen molar-refractivity contribution in [1.82, 2.24) is 4.31 Å². The zero-order valence-electron chi connectivity index (χ0n) is 15.1. The van der Waals surface area contributed by atoms with E-state index in [1.807, 2.05) is 6.07 Å². The summed E-state index contributed by atoms with van der Waals surface area (Å²) >= 11 is 5.94. The van der Waals surface area contributed by atoms with Crippen LogP contribution in [0.3, 0.4) is 0 Å². The zero-order chi connectivity index (χ0) is 19.8. The maximum Gasteiger partial charge on any atom is 0.262 e. The molecular weight excluding hydrogens is 408 g/mol. The van der Waals surface area contributed by atoms with Crippen LogP contribution < -0.4 is 4.72 Å². The van der Waals surface area contributed by atoms with Crippen molar-refractivity contribution < 1.29 is 16.8 Å². The predicted molar refractivity (Wildman–Crippen MR) is 107 cm³/mol. The lowest BCUT2D eigenvalue weighted by molar-refractivity contribution is 0.392. The number of hydrogen-bond donors (Lipinski definition) is 1. The van der Waals surface area contributed by atoms with Crippen LogP contribution in [0.15, 0.2) is 41.3 Å². The topological polar surface area (TPSA) is 83.6 Å². The minimum atomic E-state index is -3.81. The van der Waals surface area contributed by atoms with Crippen LogP contribution in [0, 0.1) is 6.92 Å². The quantitative estimate of drug-likeness (QED) is 0.792. The van der Waals surface area contributed by atoms with E-state index in [4.69, 9.17) is 11.6 Å². The van der Waals surface area contributed by atoms with Crippen LogP contribution in [0.4, 0.5) is 5.69 Å². The van der Waals surface area contributed by atoms with Gasteiger partial charge in [0.1, 0.15) is 0 Å². The van der Waals surface area contributed by atoms with E-state index in [9.17, 15) is 16.8 Å². The molecule has 9 heteroatoms. The Balaban J connectivity index is 1.90. The Bertz CT molecular complexity index is 1080. The highest BCUT2D eigenvalue weighted by Gasteiger charge is 2.26. The molecule has 0 bridgehead atoms. The maximum absolute atomic E-state index is 12.7. The summed E-state index contributed by atoms with van der Waals surface area (Å²) in [6.07, 6.45) is 0.606. The Morgan fingerprint density at radius 3 is 2.52 bits per heavy atom. The van der Waals surface area contributed by atoms with Crippen molar-refractivity contribution in [3.8, 4) is 0 Å². The number of sulfonamides is 2. The highest BCUT2D eigenvalue weighted by molar-refractivity contribution is 7.92. The first kappa shape index (κ1) is 20.1. The fourth-order valence-electron chi connectivity index (χ4n) is 3.09. The van der Waals surface area contributed by atoms with Crippen LogP contribution in [-0.4, -0.2) is 33.4 Å². The lowest BCUT2D eigenvalue weighted by Crippen LogP contribution is -2.36. The molecule has 2 aromatic carbocycles. The van der Waals surface area contributed by atoms with Crippen molar-refractivity contribution in [3.05, 3.63) is 58.1 Å². The summed E-state index contributed by atoms with van der Waals surface area (Å²) in [5.74, 6) is 0.0443. The first-order chi connectivity index (χ1) is 12.6. The van der Waals surface area contributed by atoms with Crippen LogP contribution in [-0.2, 0) is 33.0 Å². The van der Waals surface area contributed by atoms with E-state index in [0.29, 0.717) is 29.2 Å². The number of hydrogen-bond acceptors (Lipinski definition) is 4. The van der Waals surface area contributed by atoms with Crippen molar-refractivity contribution in [2.45, 2.75) is 31.7 Å². The SMILES string of the molecule is CCS(=O)(=O)N1CCc2ccc(NS(=O)(=O)c3cc(Cl)ccc3C)cc2C1. The van der Waals surface area contributed by atoms with E-state index in [2.05, 4.69) is 4.72 Å². The van der Waals surface area contributed by atoms with Gasteiger partial charge in [0.25, 0.3) is 10.0 Å². The van der Waals surface area contributed by atoms with E-state index in [1.165, 1.54) is 10.4 Å². The second-order valence-corrected chi connectivity index (χ2v) is 10.8. The van der Waals surface area contributed by atoms with Gasteiger partial charge in [0.2, 0.25) is 10.0 Å².